The summed E-state index contributed by atoms with van der Waals surface area (Å²) in [4.78, 5) is 10.3. The standard InChI is InChI=1S/C18H14N6S/c1-11-5-6-14(12(2)8-11)24-17-13(9-20-24)18-21-16(15-4-3-7-25-15)22-23(18)10-19-17/h3-10H,1-2H3. The average Bonchev–Trinajstić information content (AvgIpc) is 3.32. The SMILES string of the molecule is Cc1ccc(-n2ncc3c2ncn2nc(-c4cccs4)nc32)c(C)c1. The van der Waals surface area contributed by atoms with Crippen LogP contribution < -0.4 is 0 Å². The van der Waals surface area contributed by atoms with Crippen LogP contribution in [-0.2, 0) is 0 Å². The van der Waals surface area contributed by atoms with Crippen molar-refractivity contribution in [2.24, 2.45) is 0 Å². The molecule has 0 aliphatic carbocycles. The lowest BCUT2D eigenvalue weighted by Gasteiger charge is -2.07. The fourth-order valence-electron chi connectivity index (χ4n) is 3.05. The molecule has 5 rings (SSSR count). The van der Waals surface area contributed by atoms with Gasteiger partial charge in [0.25, 0.3) is 0 Å². The van der Waals surface area contributed by atoms with Gasteiger partial charge in [-0.1, -0.05) is 23.8 Å². The number of benzene rings is 1. The highest BCUT2D eigenvalue weighted by Crippen LogP contribution is 2.26. The van der Waals surface area contributed by atoms with E-state index in [1.165, 1.54) is 5.56 Å². The Bertz CT molecular complexity index is 1220. The first kappa shape index (κ1) is 14.3. The molecular weight excluding hydrogens is 332 g/mol. The van der Waals surface area contributed by atoms with Gasteiger partial charge in [0.05, 0.1) is 22.1 Å². The minimum atomic E-state index is 0.712. The van der Waals surface area contributed by atoms with Crippen LogP contribution in [0.5, 0.6) is 0 Å². The van der Waals surface area contributed by atoms with Gasteiger partial charge in [0.2, 0.25) is 0 Å². The molecule has 1 aromatic carbocycles. The fraction of sp³-hybridized carbons (Fsp3) is 0.111. The van der Waals surface area contributed by atoms with E-state index in [4.69, 9.17) is 4.98 Å². The van der Waals surface area contributed by atoms with Crippen LogP contribution in [0.15, 0.2) is 48.2 Å². The molecule has 7 heteroatoms. The predicted molar refractivity (Wildman–Crippen MR) is 98.2 cm³/mol. The Morgan fingerprint density at radius 2 is 2.00 bits per heavy atom. The zero-order chi connectivity index (χ0) is 17.0. The van der Waals surface area contributed by atoms with Gasteiger partial charge < -0.3 is 0 Å². The summed E-state index contributed by atoms with van der Waals surface area (Å²) in [7, 11) is 0. The molecule has 0 aliphatic rings. The molecule has 0 unspecified atom stereocenters. The number of hydrogen-bond acceptors (Lipinski definition) is 5. The van der Waals surface area contributed by atoms with Gasteiger partial charge in [-0.15, -0.1) is 16.4 Å². The topological polar surface area (TPSA) is 60.9 Å². The summed E-state index contributed by atoms with van der Waals surface area (Å²) in [6.45, 7) is 4.17. The van der Waals surface area contributed by atoms with Crippen molar-refractivity contribution in [3.63, 3.8) is 0 Å². The first-order valence-electron chi connectivity index (χ1n) is 7.91. The molecule has 4 heterocycles. The summed E-state index contributed by atoms with van der Waals surface area (Å²) in [6, 6.07) is 10.3. The quantitative estimate of drug-likeness (QED) is 0.488. The lowest BCUT2D eigenvalue weighted by atomic mass is 10.1. The summed E-state index contributed by atoms with van der Waals surface area (Å²) in [6.07, 6.45) is 3.51. The first-order chi connectivity index (χ1) is 12.2. The Morgan fingerprint density at radius 3 is 2.80 bits per heavy atom. The van der Waals surface area contributed by atoms with E-state index in [-0.39, 0.29) is 0 Å². The van der Waals surface area contributed by atoms with E-state index >= 15 is 0 Å². The molecule has 4 aromatic heterocycles. The smallest absolute Gasteiger partial charge is 0.192 e. The molecule has 0 N–H and O–H groups in total. The second-order valence-corrected chi connectivity index (χ2v) is 6.96. The number of rotatable bonds is 2. The van der Waals surface area contributed by atoms with Crippen LogP contribution in [0.3, 0.4) is 0 Å². The Kier molecular flexibility index (Phi) is 2.98. The van der Waals surface area contributed by atoms with E-state index in [0.29, 0.717) is 5.82 Å². The molecule has 5 aromatic rings. The maximum absolute atomic E-state index is 4.70. The molecule has 0 bridgehead atoms. The number of nitrogens with zero attached hydrogens (tertiary/aromatic N) is 6. The van der Waals surface area contributed by atoms with Gasteiger partial charge in [0.15, 0.2) is 17.1 Å². The molecule has 0 aliphatic heterocycles. The summed E-state index contributed by atoms with van der Waals surface area (Å²) >= 11 is 1.62. The van der Waals surface area contributed by atoms with Crippen LogP contribution >= 0.6 is 11.3 Å². The van der Waals surface area contributed by atoms with Gasteiger partial charge in [0.1, 0.15) is 6.33 Å². The van der Waals surface area contributed by atoms with Crippen molar-refractivity contribution in [3.8, 4) is 16.4 Å². The molecule has 6 nitrogen and oxygen atoms in total. The van der Waals surface area contributed by atoms with Crippen LogP contribution in [0.2, 0.25) is 0 Å². The lowest BCUT2D eigenvalue weighted by Crippen LogP contribution is -2.01. The van der Waals surface area contributed by atoms with E-state index in [0.717, 1.165) is 32.8 Å². The van der Waals surface area contributed by atoms with Crippen LogP contribution in [0.4, 0.5) is 0 Å². The molecule has 0 radical (unpaired) electrons. The second kappa shape index (κ2) is 5.22. The van der Waals surface area contributed by atoms with Crippen LogP contribution in [0.25, 0.3) is 33.1 Å². The zero-order valence-electron chi connectivity index (χ0n) is 13.7. The number of hydrogen-bond donors (Lipinski definition) is 0. The minimum absolute atomic E-state index is 0.712. The normalized spacial score (nSPS) is 11.6. The number of fused-ring (bicyclic) bond motifs is 3. The monoisotopic (exact) mass is 346 g/mol. The number of aryl methyl sites for hydroxylation is 2. The van der Waals surface area contributed by atoms with E-state index in [2.05, 4.69) is 47.2 Å². The number of aromatic nitrogens is 6. The van der Waals surface area contributed by atoms with Gasteiger partial charge in [-0.3, -0.25) is 0 Å². The Morgan fingerprint density at radius 1 is 1.08 bits per heavy atom. The van der Waals surface area contributed by atoms with Gasteiger partial charge in [-0.25, -0.2) is 19.2 Å². The summed E-state index contributed by atoms with van der Waals surface area (Å²) in [5, 5.41) is 12.0. The maximum atomic E-state index is 4.70. The highest BCUT2D eigenvalue weighted by atomic mass is 32.1. The molecule has 25 heavy (non-hydrogen) atoms. The first-order valence-corrected chi connectivity index (χ1v) is 8.79. The zero-order valence-corrected chi connectivity index (χ0v) is 14.5. The molecular formula is C18H14N6S. The predicted octanol–water partition coefficient (Wildman–Crippen LogP) is 3.81. The number of thiophene rings is 1. The van der Waals surface area contributed by atoms with Crippen LogP contribution in [0.1, 0.15) is 11.1 Å². The third kappa shape index (κ3) is 2.16. The van der Waals surface area contributed by atoms with Gasteiger partial charge in [-0.2, -0.15) is 5.10 Å². The van der Waals surface area contributed by atoms with Crippen LogP contribution in [0, 0.1) is 13.8 Å². The average molecular weight is 346 g/mol. The van der Waals surface area contributed by atoms with Crippen molar-refractivity contribution < 1.29 is 0 Å². The molecule has 0 amide bonds. The molecule has 122 valence electrons. The van der Waals surface area contributed by atoms with Crippen molar-refractivity contribution in [2.45, 2.75) is 13.8 Å². The maximum Gasteiger partial charge on any atom is 0.192 e. The molecule has 0 spiro atoms. The fourth-order valence-corrected chi connectivity index (χ4v) is 3.70. The third-order valence-electron chi connectivity index (χ3n) is 4.23. The van der Waals surface area contributed by atoms with E-state index in [1.54, 1.807) is 22.2 Å². The van der Waals surface area contributed by atoms with Gasteiger partial charge in [-0.05, 0) is 36.9 Å². The minimum Gasteiger partial charge on any atom is -0.216 e. The largest absolute Gasteiger partial charge is 0.216 e. The lowest BCUT2D eigenvalue weighted by molar-refractivity contribution is 0.876. The molecule has 0 atom stereocenters. The van der Waals surface area contributed by atoms with E-state index < -0.39 is 0 Å². The van der Waals surface area contributed by atoms with Crippen LogP contribution in [-0.4, -0.2) is 29.4 Å². The third-order valence-corrected chi connectivity index (χ3v) is 5.09. The Labute approximate surface area is 147 Å². The summed E-state index contributed by atoms with van der Waals surface area (Å²) in [5.74, 6) is 0.712. The highest BCUT2D eigenvalue weighted by Gasteiger charge is 2.15. The van der Waals surface area contributed by atoms with Crippen molar-refractivity contribution in [1.82, 2.24) is 29.4 Å². The van der Waals surface area contributed by atoms with Gasteiger partial charge in [0, 0.05) is 0 Å². The van der Waals surface area contributed by atoms with Crippen molar-refractivity contribution in [1.29, 1.82) is 0 Å². The highest BCUT2D eigenvalue weighted by molar-refractivity contribution is 7.13. The molecule has 0 saturated heterocycles. The second-order valence-electron chi connectivity index (χ2n) is 6.01. The van der Waals surface area contributed by atoms with E-state index in [9.17, 15) is 0 Å². The Balaban J connectivity index is 1.74. The van der Waals surface area contributed by atoms with Gasteiger partial charge >= 0.3 is 0 Å². The van der Waals surface area contributed by atoms with Crippen molar-refractivity contribution >= 4 is 28.0 Å². The van der Waals surface area contributed by atoms with E-state index in [1.807, 2.05) is 28.4 Å². The summed E-state index contributed by atoms with van der Waals surface area (Å²) in [5.41, 5.74) is 4.96. The Hall–Kier alpha value is -3.06. The van der Waals surface area contributed by atoms with Crippen molar-refractivity contribution in [3.05, 3.63) is 59.4 Å². The molecule has 0 fully saturated rings. The summed E-state index contributed by atoms with van der Waals surface area (Å²) < 4.78 is 3.58. The van der Waals surface area contributed by atoms with Crippen molar-refractivity contribution in [2.75, 3.05) is 0 Å². The molecule has 0 saturated carbocycles.